The fraction of sp³-hybridized carbons (Fsp3) is 0.622. The molecule has 460 valence electrons. The van der Waals surface area contributed by atoms with Gasteiger partial charge >= 0.3 is 17.9 Å². The second-order valence-electron chi connectivity index (χ2n) is 19.3. The third kappa shape index (κ3) is 28.7. The number of carboxylic acids is 3. The van der Waals surface area contributed by atoms with Crippen LogP contribution in [-0.4, -0.2) is 206 Å². The summed E-state index contributed by atoms with van der Waals surface area (Å²) >= 11 is 0. The number of rotatable bonds is 39. The molecule has 0 saturated carbocycles. The maximum atomic E-state index is 14.0. The van der Waals surface area contributed by atoms with Gasteiger partial charge in [0, 0.05) is 0 Å². The van der Waals surface area contributed by atoms with E-state index in [4.69, 9.17) is 33.8 Å². The minimum atomic E-state index is -2.17. The van der Waals surface area contributed by atoms with E-state index >= 15 is 0 Å². The Balaban J connectivity index is 6.68. The molecule has 25 N–H and O–H groups in total. The summed E-state index contributed by atoms with van der Waals surface area (Å²) in [6.07, 6.45) is -8.28. The average molecular weight is 1180 g/mol. The van der Waals surface area contributed by atoms with Crippen LogP contribution in [0, 0.1) is 11.8 Å². The van der Waals surface area contributed by atoms with Gasteiger partial charge in [0.1, 0.15) is 60.9 Å². The van der Waals surface area contributed by atoms with Gasteiger partial charge in [-0.3, -0.25) is 81.5 Å². The summed E-state index contributed by atoms with van der Waals surface area (Å²) in [6, 6.07) is -19.1. The Bertz CT molecular complexity index is 2400. The van der Waals surface area contributed by atoms with Crippen molar-refractivity contribution in [3.8, 4) is 0 Å². The van der Waals surface area contributed by atoms with Crippen LogP contribution in [0.25, 0.3) is 0 Å². The van der Waals surface area contributed by atoms with Crippen molar-refractivity contribution in [3.05, 3.63) is 0 Å². The summed E-state index contributed by atoms with van der Waals surface area (Å²) in [6.45, 7) is 5.10. The lowest BCUT2D eigenvalue weighted by atomic mass is 9.99. The number of primary amides is 4. The van der Waals surface area contributed by atoms with Crippen molar-refractivity contribution in [2.45, 2.75) is 153 Å². The number of carbonyl (C=O) groups is 17. The maximum absolute atomic E-state index is 14.0. The molecule has 37 heteroatoms. The Morgan fingerprint density at radius 2 is 0.634 bits per heavy atom. The van der Waals surface area contributed by atoms with Crippen LogP contribution in [0.5, 0.6) is 0 Å². The molecule has 0 aromatic heterocycles. The highest BCUT2D eigenvalue weighted by Crippen LogP contribution is 2.12. The van der Waals surface area contributed by atoms with Crippen LogP contribution >= 0.6 is 0 Å². The number of carboxylic acid groups (broad SMARTS) is 3. The number of hydrogen-bond acceptors (Lipinski definition) is 20. The van der Waals surface area contributed by atoms with Gasteiger partial charge in [0.25, 0.3) is 0 Å². The van der Waals surface area contributed by atoms with Crippen molar-refractivity contribution in [2.75, 3.05) is 13.2 Å². The van der Waals surface area contributed by atoms with Crippen LogP contribution in [-0.2, 0) is 81.5 Å². The zero-order valence-electron chi connectivity index (χ0n) is 45.1. The molecule has 11 atom stereocenters. The zero-order valence-corrected chi connectivity index (χ0v) is 45.1. The van der Waals surface area contributed by atoms with Crippen LogP contribution in [0.2, 0.25) is 0 Å². The van der Waals surface area contributed by atoms with Crippen molar-refractivity contribution in [1.82, 2.24) is 53.2 Å². The van der Waals surface area contributed by atoms with E-state index in [1.54, 1.807) is 27.7 Å². The Kier molecular flexibility index (Phi) is 31.5. The Morgan fingerprint density at radius 3 is 0.927 bits per heavy atom. The van der Waals surface area contributed by atoms with Gasteiger partial charge in [-0.2, -0.15) is 0 Å². The van der Waals surface area contributed by atoms with Gasteiger partial charge in [0.15, 0.2) is 0 Å². The molecule has 0 aliphatic rings. The number of carbonyl (C=O) groups excluding carboxylic acids is 14. The van der Waals surface area contributed by atoms with E-state index < -0.39 is 231 Å². The molecule has 0 aromatic carbocycles. The summed E-state index contributed by atoms with van der Waals surface area (Å²) in [5.41, 5.74) is 26.4. The number of hydrogen-bond donors (Lipinski definition) is 20. The predicted molar refractivity (Wildman–Crippen MR) is 273 cm³/mol. The minimum absolute atomic E-state index is 0.209. The summed E-state index contributed by atoms with van der Waals surface area (Å²) in [5, 5.41) is 69.0. The molecule has 37 nitrogen and oxygen atoms in total. The van der Waals surface area contributed by atoms with Crippen molar-refractivity contribution < 1.29 is 107 Å². The fourth-order valence-corrected chi connectivity index (χ4v) is 7.03. The topological polar surface area (TPSA) is 642 Å². The molecule has 0 aliphatic carbocycles. The number of nitrogens with two attached hydrogens (primary N) is 5. The lowest BCUT2D eigenvalue weighted by molar-refractivity contribution is -0.142. The number of aliphatic carboxylic acids is 3. The molecule has 0 unspecified atom stereocenters. The first-order valence-corrected chi connectivity index (χ1v) is 24.7. The third-order valence-electron chi connectivity index (χ3n) is 10.9. The summed E-state index contributed by atoms with van der Waals surface area (Å²) in [4.78, 5) is 215. The lowest BCUT2D eigenvalue weighted by Gasteiger charge is -2.28. The normalized spacial score (nSPS) is 15.0. The van der Waals surface area contributed by atoms with E-state index in [0.29, 0.717) is 0 Å². The Morgan fingerprint density at radius 1 is 0.354 bits per heavy atom. The first-order valence-electron chi connectivity index (χ1n) is 24.7. The van der Waals surface area contributed by atoms with Crippen molar-refractivity contribution >= 4 is 101 Å². The number of nitrogens with one attached hydrogen (secondary N) is 10. The third-order valence-corrected chi connectivity index (χ3v) is 10.9. The molecule has 0 fully saturated rings. The van der Waals surface area contributed by atoms with Crippen LogP contribution in [0.15, 0.2) is 0 Å². The van der Waals surface area contributed by atoms with Crippen LogP contribution < -0.4 is 81.8 Å². The Labute approximate surface area is 466 Å². The van der Waals surface area contributed by atoms with Gasteiger partial charge in [0.05, 0.1) is 57.3 Å². The number of aliphatic hydroxyl groups excluding tert-OH is 2. The van der Waals surface area contributed by atoms with Crippen LogP contribution in [0.1, 0.15) is 86.0 Å². The second-order valence-corrected chi connectivity index (χ2v) is 19.3. The highest BCUT2D eigenvalue weighted by atomic mass is 16.4. The smallest absolute Gasteiger partial charge is 0.322 e. The molecule has 0 heterocycles. The number of aliphatic hydroxyl groups is 2. The first-order chi connectivity index (χ1) is 37.9. The lowest BCUT2D eigenvalue weighted by Crippen LogP contribution is -2.62. The fourth-order valence-electron chi connectivity index (χ4n) is 7.03. The molecular weight excluding hydrogens is 1100 g/mol. The van der Waals surface area contributed by atoms with E-state index in [9.17, 15) is 102 Å². The van der Waals surface area contributed by atoms with Crippen LogP contribution in [0.4, 0.5) is 0 Å². The van der Waals surface area contributed by atoms with E-state index in [0.717, 1.165) is 6.92 Å². The number of amides is 14. The van der Waals surface area contributed by atoms with Gasteiger partial charge in [0.2, 0.25) is 82.7 Å². The van der Waals surface area contributed by atoms with Crippen molar-refractivity contribution in [3.63, 3.8) is 0 Å². The predicted octanol–water partition coefficient (Wildman–Crippen LogP) is -11.2. The average Bonchev–Trinajstić information content (AvgIpc) is 3.33. The van der Waals surface area contributed by atoms with Gasteiger partial charge in [-0.1, -0.05) is 27.7 Å². The molecule has 14 amide bonds. The van der Waals surface area contributed by atoms with Gasteiger partial charge < -0.3 is 107 Å². The second kappa shape index (κ2) is 35.5. The van der Waals surface area contributed by atoms with Gasteiger partial charge in [-0.05, 0) is 31.6 Å². The summed E-state index contributed by atoms with van der Waals surface area (Å²) < 4.78 is 0. The molecule has 0 spiro atoms. The maximum Gasteiger partial charge on any atom is 0.322 e. The highest BCUT2D eigenvalue weighted by Gasteiger charge is 2.38. The van der Waals surface area contributed by atoms with Crippen LogP contribution in [0.3, 0.4) is 0 Å². The van der Waals surface area contributed by atoms with E-state index in [1.165, 1.54) is 0 Å². The first kappa shape index (κ1) is 72.9. The molecular formula is C45H73N15O22. The summed E-state index contributed by atoms with van der Waals surface area (Å²) in [5.74, 6) is -23.8. The van der Waals surface area contributed by atoms with Crippen molar-refractivity contribution in [1.29, 1.82) is 0 Å². The quantitative estimate of drug-likeness (QED) is 0.0272. The molecule has 0 rings (SSSR count). The molecule has 0 aliphatic heterocycles. The van der Waals surface area contributed by atoms with Gasteiger partial charge in [-0.25, -0.2) is 0 Å². The molecule has 0 aromatic rings. The molecule has 0 saturated heterocycles. The molecule has 0 bridgehead atoms. The monoisotopic (exact) mass is 1180 g/mol. The largest absolute Gasteiger partial charge is 0.481 e. The molecule has 82 heavy (non-hydrogen) atoms. The van der Waals surface area contributed by atoms with E-state index in [-0.39, 0.29) is 12.8 Å². The Hall–Kier alpha value is -9.13. The molecule has 0 radical (unpaired) electrons. The zero-order chi connectivity index (χ0) is 63.5. The SMILES string of the molecule is CC(C)C[C@H](NC(=O)[C@H](CC(C)C)NC(=O)[C@H](CC(=O)O)NC(=O)[C@@H](NC(=O)[C@@H](N)CC(N)=O)[C@@H](C)O)C(=O)N[C@@H](CC(N)=O)C(=O)N[C@@H](CO)C(=O)N[C@@H](CC(N)=O)C(=O)N[C@@H](CC(=O)O)C(=O)N[C@@H](CC(N)=O)C(=O)NCC(=O)O. The van der Waals surface area contributed by atoms with E-state index in [2.05, 4.69) is 26.6 Å². The highest BCUT2D eigenvalue weighted by molar-refractivity contribution is 6.01. The standard InChI is InChI=1S/C45H73N15O22/c1-16(2)6-20(53-43(80)26(13-33(69)70)58-45(82)35(18(5)62)60-36(73)19(46)8-28(47)63)38(75)52-21(7-17(3)4)39(76)55-24(11-31(50)66)41(78)59-27(15-61)44(81)56-23(10-30(49)65)40(77)57-25(12-32(67)68)42(79)54-22(9-29(48)64)37(74)51-14-34(71)72/h16-27,35,61-62H,6-15,46H2,1-5H3,(H2,47,63)(H2,48,64)(H2,49,65)(H2,50,66)(H,51,74)(H,52,75)(H,53,80)(H,54,79)(H,55,76)(H,56,81)(H,57,77)(H,58,82)(H,59,78)(H,60,73)(H,67,68)(H,69,70)(H,71,72)/t18-,19+,20+,21+,22+,23+,24+,25+,26+,27+,35+/m1/s1. The van der Waals surface area contributed by atoms with Crippen molar-refractivity contribution in [2.24, 2.45) is 40.5 Å². The van der Waals surface area contributed by atoms with Gasteiger partial charge in [-0.15, -0.1) is 0 Å². The van der Waals surface area contributed by atoms with E-state index in [1.807, 2.05) is 26.6 Å². The summed E-state index contributed by atoms with van der Waals surface area (Å²) in [7, 11) is 0. The minimum Gasteiger partial charge on any atom is -0.481 e.